The summed E-state index contributed by atoms with van der Waals surface area (Å²) in [6.07, 6.45) is 2.62. The van der Waals surface area contributed by atoms with E-state index in [1.54, 1.807) is 0 Å². The average molecular weight is 171 g/mol. The third-order valence-corrected chi connectivity index (χ3v) is 2.46. The molecule has 1 rings (SSSR count). The van der Waals surface area contributed by atoms with Crippen molar-refractivity contribution >= 4 is 0 Å². The molecule has 2 unspecified atom stereocenters. The Hall–Kier alpha value is -0.120. The maximum absolute atomic E-state index is 5.75. The van der Waals surface area contributed by atoms with Gasteiger partial charge in [0.25, 0.3) is 0 Å². The molecule has 1 aliphatic rings. The van der Waals surface area contributed by atoms with Gasteiger partial charge in [-0.2, -0.15) is 0 Å². The molecule has 3 nitrogen and oxygen atoms in total. The lowest BCUT2D eigenvalue weighted by Gasteiger charge is -2.33. The van der Waals surface area contributed by atoms with E-state index in [9.17, 15) is 0 Å². The van der Waals surface area contributed by atoms with Crippen molar-refractivity contribution in [3.05, 3.63) is 0 Å². The summed E-state index contributed by atoms with van der Waals surface area (Å²) in [6.45, 7) is 5.50. The van der Waals surface area contributed by atoms with Crippen LogP contribution in [-0.2, 0) is 0 Å². The highest BCUT2D eigenvalue weighted by molar-refractivity contribution is 4.78. The summed E-state index contributed by atoms with van der Waals surface area (Å²) in [5.41, 5.74) is 5.75. The molecule has 0 aromatic rings. The predicted octanol–water partition coefficient (Wildman–Crippen LogP) is 0.0174. The molecule has 0 bridgehead atoms. The Balaban J connectivity index is 2.25. The molecule has 0 aromatic carbocycles. The molecule has 12 heavy (non-hydrogen) atoms. The van der Waals surface area contributed by atoms with Crippen molar-refractivity contribution in [3.8, 4) is 0 Å². The van der Waals surface area contributed by atoms with Gasteiger partial charge in [-0.15, -0.1) is 0 Å². The van der Waals surface area contributed by atoms with Crippen molar-refractivity contribution in [2.45, 2.75) is 31.8 Å². The van der Waals surface area contributed by atoms with Crippen LogP contribution in [0.5, 0.6) is 0 Å². The summed E-state index contributed by atoms with van der Waals surface area (Å²) < 4.78 is 0. The summed E-state index contributed by atoms with van der Waals surface area (Å²) >= 11 is 0. The van der Waals surface area contributed by atoms with Crippen LogP contribution >= 0.6 is 0 Å². The summed E-state index contributed by atoms with van der Waals surface area (Å²) in [5.74, 6) is 0. The fraction of sp³-hybridized carbons (Fsp3) is 1.00. The molecule has 3 N–H and O–H groups in total. The number of hydrogen-bond donors (Lipinski definition) is 2. The van der Waals surface area contributed by atoms with Gasteiger partial charge in [0.15, 0.2) is 0 Å². The van der Waals surface area contributed by atoms with Crippen LogP contribution in [0.2, 0.25) is 0 Å². The van der Waals surface area contributed by atoms with Gasteiger partial charge in [-0.05, 0) is 33.4 Å². The summed E-state index contributed by atoms with van der Waals surface area (Å²) in [5, 5.41) is 3.32. The molecular formula is C9H21N3. The SMILES string of the molecule is CNC1CCCN(CC(C)N)C1. The van der Waals surface area contributed by atoms with Crippen LogP contribution in [0.4, 0.5) is 0 Å². The molecule has 1 saturated heterocycles. The first-order chi connectivity index (χ1) is 5.72. The Kier molecular flexibility index (Phi) is 3.98. The largest absolute Gasteiger partial charge is 0.327 e. The smallest absolute Gasteiger partial charge is 0.0192 e. The summed E-state index contributed by atoms with van der Waals surface area (Å²) in [6, 6.07) is 0.984. The van der Waals surface area contributed by atoms with E-state index in [0.717, 1.165) is 13.1 Å². The molecule has 2 atom stereocenters. The number of nitrogens with one attached hydrogen (secondary N) is 1. The first kappa shape index (κ1) is 9.96. The molecule has 0 radical (unpaired) electrons. The van der Waals surface area contributed by atoms with E-state index in [4.69, 9.17) is 5.73 Å². The molecule has 1 heterocycles. The third-order valence-electron chi connectivity index (χ3n) is 2.46. The Morgan fingerprint density at radius 1 is 1.67 bits per heavy atom. The van der Waals surface area contributed by atoms with Gasteiger partial charge in [0, 0.05) is 25.2 Å². The molecule has 0 amide bonds. The minimum absolute atomic E-state index is 0.306. The van der Waals surface area contributed by atoms with Crippen molar-refractivity contribution in [1.29, 1.82) is 0 Å². The van der Waals surface area contributed by atoms with E-state index in [-0.39, 0.29) is 0 Å². The molecule has 0 spiro atoms. The van der Waals surface area contributed by atoms with Crippen molar-refractivity contribution in [2.24, 2.45) is 5.73 Å². The number of nitrogens with zero attached hydrogens (tertiary/aromatic N) is 1. The number of likely N-dealkylation sites (N-methyl/N-ethyl adjacent to an activating group) is 1. The topological polar surface area (TPSA) is 41.3 Å². The highest BCUT2D eigenvalue weighted by Crippen LogP contribution is 2.09. The maximum atomic E-state index is 5.75. The Morgan fingerprint density at radius 2 is 2.42 bits per heavy atom. The lowest BCUT2D eigenvalue weighted by molar-refractivity contribution is 0.188. The standard InChI is InChI=1S/C9H21N3/c1-8(10)6-12-5-3-4-9(7-12)11-2/h8-9,11H,3-7,10H2,1-2H3. The van der Waals surface area contributed by atoms with Crippen LogP contribution in [0.15, 0.2) is 0 Å². The van der Waals surface area contributed by atoms with E-state index in [0.29, 0.717) is 12.1 Å². The molecule has 72 valence electrons. The second-order valence-corrected chi connectivity index (χ2v) is 3.86. The zero-order valence-corrected chi connectivity index (χ0v) is 8.21. The van der Waals surface area contributed by atoms with Gasteiger partial charge in [-0.3, -0.25) is 0 Å². The zero-order chi connectivity index (χ0) is 8.97. The Bertz CT molecular complexity index is 125. The van der Waals surface area contributed by atoms with Crippen molar-refractivity contribution in [2.75, 3.05) is 26.7 Å². The molecule has 1 fully saturated rings. The summed E-state index contributed by atoms with van der Waals surface area (Å²) in [7, 11) is 2.04. The molecule has 3 heteroatoms. The molecule has 0 saturated carbocycles. The van der Waals surface area contributed by atoms with Crippen molar-refractivity contribution < 1.29 is 0 Å². The van der Waals surface area contributed by atoms with Crippen LogP contribution in [0, 0.1) is 0 Å². The number of piperidine rings is 1. The van der Waals surface area contributed by atoms with Gasteiger partial charge in [0.2, 0.25) is 0 Å². The normalized spacial score (nSPS) is 28.8. The third kappa shape index (κ3) is 3.09. The fourth-order valence-electron chi connectivity index (χ4n) is 1.86. The zero-order valence-electron chi connectivity index (χ0n) is 8.21. The minimum atomic E-state index is 0.306. The first-order valence-corrected chi connectivity index (χ1v) is 4.87. The van der Waals surface area contributed by atoms with Gasteiger partial charge in [-0.25, -0.2) is 0 Å². The van der Waals surface area contributed by atoms with Crippen LogP contribution < -0.4 is 11.1 Å². The number of rotatable bonds is 3. The number of likely N-dealkylation sites (tertiary alicyclic amines) is 1. The first-order valence-electron chi connectivity index (χ1n) is 4.87. The highest BCUT2D eigenvalue weighted by Gasteiger charge is 2.18. The quantitative estimate of drug-likeness (QED) is 0.629. The lowest BCUT2D eigenvalue weighted by Crippen LogP contribution is -2.47. The van der Waals surface area contributed by atoms with Gasteiger partial charge in [0.1, 0.15) is 0 Å². The summed E-state index contributed by atoms with van der Waals surface area (Å²) in [4.78, 5) is 2.45. The van der Waals surface area contributed by atoms with Gasteiger partial charge in [0.05, 0.1) is 0 Å². The number of nitrogens with two attached hydrogens (primary N) is 1. The molecule has 1 aliphatic heterocycles. The highest BCUT2D eigenvalue weighted by atomic mass is 15.2. The van der Waals surface area contributed by atoms with Crippen LogP contribution in [0.1, 0.15) is 19.8 Å². The van der Waals surface area contributed by atoms with Gasteiger partial charge < -0.3 is 16.0 Å². The van der Waals surface area contributed by atoms with Crippen molar-refractivity contribution in [3.63, 3.8) is 0 Å². The van der Waals surface area contributed by atoms with Crippen LogP contribution in [-0.4, -0.2) is 43.7 Å². The van der Waals surface area contributed by atoms with Gasteiger partial charge >= 0.3 is 0 Å². The Morgan fingerprint density at radius 3 is 3.00 bits per heavy atom. The monoisotopic (exact) mass is 171 g/mol. The fourth-order valence-corrected chi connectivity index (χ4v) is 1.86. The van der Waals surface area contributed by atoms with Crippen molar-refractivity contribution in [1.82, 2.24) is 10.2 Å². The Labute approximate surface area is 75.3 Å². The van der Waals surface area contributed by atoms with E-state index >= 15 is 0 Å². The van der Waals surface area contributed by atoms with Crippen LogP contribution in [0.25, 0.3) is 0 Å². The lowest BCUT2D eigenvalue weighted by atomic mass is 10.1. The minimum Gasteiger partial charge on any atom is -0.327 e. The second-order valence-electron chi connectivity index (χ2n) is 3.86. The van der Waals surface area contributed by atoms with E-state index in [1.165, 1.54) is 19.4 Å². The van der Waals surface area contributed by atoms with Gasteiger partial charge in [-0.1, -0.05) is 0 Å². The van der Waals surface area contributed by atoms with E-state index in [2.05, 4.69) is 17.1 Å². The van der Waals surface area contributed by atoms with E-state index in [1.807, 2.05) is 7.05 Å². The molecule has 0 aromatic heterocycles. The molecular weight excluding hydrogens is 150 g/mol. The predicted molar refractivity (Wildman–Crippen MR) is 52.2 cm³/mol. The van der Waals surface area contributed by atoms with E-state index < -0.39 is 0 Å². The van der Waals surface area contributed by atoms with Crippen LogP contribution in [0.3, 0.4) is 0 Å². The second kappa shape index (κ2) is 4.80. The maximum Gasteiger partial charge on any atom is 0.0192 e. The molecule has 0 aliphatic carbocycles. The average Bonchev–Trinajstić information content (AvgIpc) is 2.03. The number of hydrogen-bond acceptors (Lipinski definition) is 3.